The zero-order chi connectivity index (χ0) is 14.8. The summed E-state index contributed by atoms with van der Waals surface area (Å²) in [6.07, 6.45) is -4.97. The summed E-state index contributed by atoms with van der Waals surface area (Å²) in [7, 11) is 0. The van der Waals surface area contributed by atoms with E-state index in [0.717, 1.165) is 0 Å². The molecule has 0 aromatic heterocycles. The molecule has 0 aliphatic heterocycles. The Morgan fingerprint density at radius 1 is 1.11 bits per heavy atom. The summed E-state index contributed by atoms with van der Waals surface area (Å²) < 4.78 is 98.7. The fourth-order valence-electron chi connectivity index (χ4n) is 0.749. The van der Waals surface area contributed by atoms with Gasteiger partial charge in [0.2, 0.25) is 5.91 Å². The lowest BCUT2D eigenvalue weighted by molar-refractivity contribution is -0.336. The first-order valence-electron chi connectivity index (χ1n) is 4.14. The van der Waals surface area contributed by atoms with Crippen LogP contribution in [0.25, 0.3) is 0 Å². The van der Waals surface area contributed by atoms with E-state index in [-0.39, 0.29) is 0 Å². The van der Waals surface area contributed by atoms with Crippen LogP contribution in [0.5, 0.6) is 0 Å². The lowest BCUT2D eigenvalue weighted by Gasteiger charge is -2.32. The SMILES string of the molecule is O=C(CBr)NCC(F)(F)C(F)(F)C(F)(F)C(F)F. The van der Waals surface area contributed by atoms with E-state index >= 15 is 0 Å². The van der Waals surface area contributed by atoms with Crippen molar-refractivity contribution in [3.05, 3.63) is 0 Å². The molecule has 0 rings (SSSR count). The van der Waals surface area contributed by atoms with E-state index in [0.29, 0.717) is 0 Å². The third-order valence-corrected chi connectivity index (χ3v) is 2.29. The zero-order valence-corrected chi connectivity index (χ0v) is 9.89. The fourth-order valence-corrected chi connectivity index (χ4v) is 0.947. The highest BCUT2D eigenvalue weighted by Gasteiger charge is 2.75. The first-order valence-corrected chi connectivity index (χ1v) is 5.26. The molecule has 0 spiro atoms. The number of halogens is 9. The van der Waals surface area contributed by atoms with E-state index in [1.54, 1.807) is 0 Å². The number of rotatable bonds is 6. The monoisotopic (exact) mass is 351 g/mol. The molecule has 18 heavy (non-hydrogen) atoms. The van der Waals surface area contributed by atoms with Crippen molar-refractivity contribution in [2.24, 2.45) is 0 Å². The van der Waals surface area contributed by atoms with Gasteiger partial charge in [-0.05, 0) is 0 Å². The van der Waals surface area contributed by atoms with Crippen molar-refractivity contribution < 1.29 is 39.9 Å². The highest BCUT2D eigenvalue weighted by molar-refractivity contribution is 9.09. The molecule has 0 saturated heterocycles. The van der Waals surface area contributed by atoms with Gasteiger partial charge in [0.25, 0.3) is 0 Å². The summed E-state index contributed by atoms with van der Waals surface area (Å²) in [5.74, 6) is -19.2. The van der Waals surface area contributed by atoms with Gasteiger partial charge in [0.1, 0.15) is 0 Å². The Hall–Kier alpha value is -0.610. The van der Waals surface area contributed by atoms with Gasteiger partial charge in [-0.25, -0.2) is 8.78 Å². The van der Waals surface area contributed by atoms with E-state index in [1.165, 1.54) is 5.32 Å². The summed E-state index contributed by atoms with van der Waals surface area (Å²) in [5, 5.41) is 0.654. The Balaban J connectivity index is 5.02. The molecule has 0 aliphatic carbocycles. The maximum atomic E-state index is 12.8. The molecule has 1 amide bonds. The summed E-state index contributed by atoms with van der Waals surface area (Å²) in [4.78, 5) is 10.5. The number of carbonyl (C=O) groups is 1. The normalized spacial score (nSPS) is 13.9. The fraction of sp³-hybridized carbons (Fsp3) is 0.857. The van der Waals surface area contributed by atoms with Crippen LogP contribution in [0.2, 0.25) is 0 Å². The van der Waals surface area contributed by atoms with Gasteiger partial charge in [-0.3, -0.25) is 4.79 Å². The van der Waals surface area contributed by atoms with Gasteiger partial charge >= 0.3 is 24.2 Å². The van der Waals surface area contributed by atoms with Crippen molar-refractivity contribution in [2.75, 3.05) is 11.9 Å². The molecule has 108 valence electrons. The molecule has 11 heteroatoms. The Labute approximate surface area is 104 Å². The van der Waals surface area contributed by atoms with E-state index in [4.69, 9.17) is 0 Å². The molecule has 0 aromatic rings. The maximum absolute atomic E-state index is 12.8. The number of carbonyl (C=O) groups excluding carboxylic acids is 1. The second-order valence-electron chi connectivity index (χ2n) is 3.11. The highest BCUT2D eigenvalue weighted by atomic mass is 79.9. The van der Waals surface area contributed by atoms with Crippen molar-refractivity contribution in [3.8, 4) is 0 Å². The van der Waals surface area contributed by atoms with Crippen molar-refractivity contribution in [1.29, 1.82) is 0 Å². The second kappa shape index (κ2) is 5.57. The third kappa shape index (κ3) is 3.23. The van der Waals surface area contributed by atoms with Crippen molar-refractivity contribution >= 4 is 21.8 Å². The van der Waals surface area contributed by atoms with Crippen LogP contribution in [0.15, 0.2) is 0 Å². The summed E-state index contributed by atoms with van der Waals surface area (Å²) >= 11 is 2.48. The third-order valence-electron chi connectivity index (χ3n) is 1.78. The Kier molecular flexibility index (Phi) is 5.39. The zero-order valence-electron chi connectivity index (χ0n) is 8.30. The molecule has 0 aromatic carbocycles. The predicted molar refractivity (Wildman–Crippen MR) is 47.6 cm³/mol. The van der Waals surface area contributed by atoms with Crippen LogP contribution in [-0.2, 0) is 4.79 Å². The predicted octanol–water partition coefficient (Wildman–Crippen LogP) is 2.67. The van der Waals surface area contributed by atoms with Crippen molar-refractivity contribution in [1.82, 2.24) is 5.32 Å². The molecule has 0 saturated carbocycles. The molecule has 0 unspecified atom stereocenters. The molecular formula is C7H6BrF8NO. The van der Waals surface area contributed by atoms with Gasteiger partial charge in [0, 0.05) is 0 Å². The lowest BCUT2D eigenvalue weighted by atomic mass is 10.0. The standard InChI is InChI=1S/C7H6BrF8NO/c8-1-3(18)17-2-5(11,12)7(15,16)6(13,14)4(9)10/h4H,1-2H2,(H,17,18). The van der Waals surface area contributed by atoms with Crippen LogP contribution in [0.1, 0.15) is 0 Å². The van der Waals surface area contributed by atoms with Crippen LogP contribution < -0.4 is 5.32 Å². The molecule has 2 nitrogen and oxygen atoms in total. The van der Waals surface area contributed by atoms with Crippen LogP contribution in [0, 0.1) is 0 Å². The van der Waals surface area contributed by atoms with E-state index in [9.17, 15) is 39.9 Å². The van der Waals surface area contributed by atoms with Crippen LogP contribution in [0.4, 0.5) is 35.1 Å². The number of amides is 1. The van der Waals surface area contributed by atoms with E-state index < -0.39 is 42.0 Å². The quantitative estimate of drug-likeness (QED) is 0.578. The molecular weight excluding hydrogens is 346 g/mol. The minimum Gasteiger partial charge on any atom is -0.349 e. The molecule has 0 heterocycles. The molecule has 0 bridgehead atoms. The molecule has 0 radical (unpaired) electrons. The van der Waals surface area contributed by atoms with Crippen LogP contribution >= 0.6 is 15.9 Å². The topological polar surface area (TPSA) is 29.1 Å². The van der Waals surface area contributed by atoms with Crippen LogP contribution in [0.3, 0.4) is 0 Å². The summed E-state index contributed by atoms with van der Waals surface area (Å²) in [6, 6.07) is 0. The van der Waals surface area contributed by atoms with Crippen LogP contribution in [-0.4, -0.2) is 42.0 Å². The maximum Gasteiger partial charge on any atom is 0.379 e. The average molecular weight is 352 g/mol. The highest BCUT2D eigenvalue weighted by Crippen LogP contribution is 2.48. The number of hydrogen-bond acceptors (Lipinski definition) is 1. The number of hydrogen-bond donors (Lipinski definition) is 1. The Morgan fingerprint density at radius 2 is 1.56 bits per heavy atom. The van der Waals surface area contributed by atoms with Crippen molar-refractivity contribution in [3.63, 3.8) is 0 Å². The molecule has 0 fully saturated rings. The van der Waals surface area contributed by atoms with Gasteiger partial charge in [-0.2, -0.15) is 26.3 Å². The van der Waals surface area contributed by atoms with Gasteiger partial charge in [0.15, 0.2) is 0 Å². The van der Waals surface area contributed by atoms with E-state index in [2.05, 4.69) is 15.9 Å². The molecule has 1 N–H and O–H groups in total. The first kappa shape index (κ1) is 17.4. The summed E-state index contributed by atoms with van der Waals surface area (Å²) in [5.41, 5.74) is 0. The van der Waals surface area contributed by atoms with Gasteiger partial charge < -0.3 is 5.32 Å². The number of alkyl halides is 9. The minimum atomic E-state index is -6.30. The largest absolute Gasteiger partial charge is 0.379 e. The van der Waals surface area contributed by atoms with Gasteiger partial charge in [-0.15, -0.1) is 0 Å². The first-order chi connectivity index (χ1) is 7.90. The molecule has 0 atom stereocenters. The molecule has 0 aliphatic rings. The summed E-state index contributed by atoms with van der Waals surface area (Å²) in [6.45, 7) is -2.19. The smallest absolute Gasteiger partial charge is 0.349 e. The Bertz CT molecular complexity index is 308. The lowest BCUT2D eigenvalue weighted by Crippen LogP contribution is -2.61. The Morgan fingerprint density at radius 3 is 1.89 bits per heavy atom. The minimum absolute atomic E-state index is 0.542. The second-order valence-corrected chi connectivity index (χ2v) is 3.67. The van der Waals surface area contributed by atoms with Gasteiger partial charge in [-0.1, -0.05) is 15.9 Å². The average Bonchev–Trinajstić information content (AvgIpc) is 2.25. The van der Waals surface area contributed by atoms with Gasteiger partial charge in [0.05, 0.1) is 11.9 Å². The van der Waals surface area contributed by atoms with Crippen molar-refractivity contribution in [2.45, 2.75) is 24.2 Å². The number of nitrogens with one attached hydrogen (secondary N) is 1. The van der Waals surface area contributed by atoms with E-state index in [1.807, 2.05) is 0 Å².